The van der Waals surface area contributed by atoms with E-state index in [1.807, 2.05) is 31.2 Å². The van der Waals surface area contributed by atoms with Gasteiger partial charge in [0.25, 0.3) is 0 Å². The van der Waals surface area contributed by atoms with Crippen molar-refractivity contribution in [2.24, 2.45) is 5.92 Å². The summed E-state index contributed by atoms with van der Waals surface area (Å²) >= 11 is 0. The summed E-state index contributed by atoms with van der Waals surface area (Å²) in [6, 6.07) is 8.18. The van der Waals surface area contributed by atoms with E-state index in [1.54, 1.807) is 0 Å². The molecule has 0 aliphatic heterocycles. The normalized spacial score (nSPS) is 12.5. The first-order chi connectivity index (χ1) is 8.67. The lowest BCUT2D eigenvalue weighted by molar-refractivity contribution is 0.232. The minimum Gasteiger partial charge on any atom is -0.494 e. The van der Waals surface area contributed by atoms with E-state index in [-0.39, 0.29) is 0 Å². The van der Waals surface area contributed by atoms with E-state index in [0.717, 1.165) is 18.0 Å². The number of ether oxygens (including phenoxy) is 2. The van der Waals surface area contributed by atoms with Crippen LogP contribution in [0.5, 0.6) is 11.5 Å². The van der Waals surface area contributed by atoms with Gasteiger partial charge in [0.1, 0.15) is 18.1 Å². The Kier molecular flexibility index (Phi) is 6.58. The second kappa shape index (κ2) is 7.98. The van der Waals surface area contributed by atoms with Crippen LogP contribution in [-0.2, 0) is 0 Å². The Balaban J connectivity index is 2.46. The number of hydrogen-bond donors (Lipinski definition) is 1. The highest BCUT2D eigenvalue weighted by Gasteiger charge is 2.12. The smallest absolute Gasteiger partial charge is 0.119 e. The van der Waals surface area contributed by atoms with Gasteiger partial charge in [0, 0.05) is 6.04 Å². The van der Waals surface area contributed by atoms with Gasteiger partial charge in [0.15, 0.2) is 0 Å². The summed E-state index contributed by atoms with van der Waals surface area (Å²) < 4.78 is 11.2. The van der Waals surface area contributed by atoms with E-state index in [9.17, 15) is 0 Å². The number of nitrogens with one attached hydrogen (secondary N) is 1. The number of rotatable bonds is 8. The van der Waals surface area contributed by atoms with Gasteiger partial charge in [0.05, 0.1) is 6.61 Å². The zero-order valence-electron chi connectivity index (χ0n) is 11.9. The highest BCUT2D eigenvalue weighted by atomic mass is 16.5. The zero-order chi connectivity index (χ0) is 13.4. The van der Waals surface area contributed by atoms with Crippen molar-refractivity contribution in [2.45, 2.75) is 33.7 Å². The number of benzene rings is 1. The van der Waals surface area contributed by atoms with Crippen molar-refractivity contribution in [2.75, 3.05) is 19.8 Å². The third kappa shape index (κ3) is 4.96. The lowest BCUT2D eigenvalue weighted by Gasteiger charge is -2.22. The first-order valence-corrected chi connectivity index (χ1v) is 6.76. The van der Waals surface area contributed by atoms with Crippen LogP contribution in [0.2, 0.25) is 0 Å². The van der Waals surface area contributed by atoms with Gasteiger partial charge >= 0.3 is 0 Å². The van der Waals surface area contributed by atoms with Crippen LogP contribution < -0.4 is 14.8 Å². The van der Waals surface area contributed by atoms with Gasteiger partial charge in [-0.2, -0.15) is 0 Å². The van der Waals surface area contributed by atoms with Crippen LogP contribution in [0.3, 0.4) is 0 Å². The molecular formula is C15H25NO2. The van der Waals surface area contributed by atoms with Crippen molar-refractivity contribution in [3.05, 3.63) is 24.3 Å². The van der Waals surface area contributed by atoms with E-state index in [2.05, 4.69) is 26.1 Å². The standard InChI is InChI=1S/C15H25NO2/c1-5-16-15(12(3)4)11-18-14-9-7-13(8-10-14)17-6-2/h7-10,12,15-16H,5-6,11H2,1-4H3. The Morgan fingerprint density at radius 3 is 2.00 bits per heavy atom. The van der Waals surface area contributed by atoms with Gasteiger partial charge in [-0.3, -0.25) is 0 Å². The summed E-state index contributed by atoms with van der Waals surface area (Å²) in [4.78, 5) is 0. The molecule has 0 saturated heterocycles. The maximum Gasteiger partial charge on any atom is 0.119 e. The highest BCUT2D eigenvalue weighted by Crippen LogP contribution is 2.18. The molecule has 3 heteroatoms. The molecule has 0 heterocycles. The third-order valence-corrected chi connectivity index (χ3v) is 2.84. The van der Waals surface area contributed by atoms with Crippen LogP contribution in [0.1, 0.15) is 27.7 Å². The summed E-state index contributed by atoms with van der Waals surface area (Å²) in [7, 11) is 0. The molecule has 0 fully saturated rings. The Bertz CT molecular complexity index is 322. The van der Waals surface area contributed by atoms with Gasteiger partial charge in [-0.15, -0.1) is 0 Å². The molecule has 0 aliphatic carbocycles. The molecule has 3 nitrogen and oxygen atoms in total. The van der Waals surface area contributed by atoms with Gasteiger partial charge in [-0.25, -0.2) is 0 Å². The van der Waals surface area contributed by atoms with Gasteiger partial charge in [-0.1, -0.05) is 20.8 Å². The lowest BCUT2D eigenvalue weighted by Crippen LogP contribution is -2.38. The van der Waals surface area contributed by atoms with Crippen LogP contribution >= 0.6 is 0 Å². The van der Waals surface area contributed by atoms with Crippen molar-refractivity contribution in [1.82, 2.24) is 5.32 Å². The molecule has 1 unspecified atom stereocenters. The topological polar surface area (TPSA) is 30.5 Å². The minimum atomic E-state index is 0.390. The Morgan fingerprint density at radius 1 is 1.00 bits per heavy atom. The summed E-state index contributed by atoms with van der Waals surface area (Å²) in [6.45, 7) is 10.9. The first-order valence-electron chi connectivity index (χ1n) is 6.76. The molecule has 102 valence electrons. The molecule has 0 radical (unpaired) electrons. The third-order valence-electron chi connectivity index (χ3n) is 2.84. The fourth-order valence-electron chi connectivity index (χ4n) is 1.73. The highest BCUT2D eigenvalue weighted by molar-refractivity contribution is 5.31. The van der Waals surface area contributed by atoms with Crippen molar-refractivity contribution < 1.29 is 9.47 Å². The van der Waals surface area contributed by atoms with Crippen LogP contribution in [0.4, 0.5) is 0 Å². The van der Waals surface area contributed by atoms with Crippen molar-refractivity contribution in [3.8, 4) is 11.5 Å². The van der Waals surface area contributed by atoms with Crippen molar-refractivity contribution >= 4 is 0 Å². The largest absolute Gasteiger partial charge is 0.494 e. The molecule has 0 amide bonds. The van der Waals surface area contributed by atoms with E-state index in [1.165, 1.54) is 0 Å². The van der Waals surface area contributed by atoms with E-state index in [4.69, 9.17) is 9.47 Å². The molecular weight excluding hydrogens is 226 g/mol. The van der Waals surface area contributed by atoms with E-state index in [0.29, 0.717) is 25.2 Å². The van der Waals surface area contributed by atoms with Crippen molar-refractivity contribution in [1.29, 1.82) is 0 Å². The Hall–Kier alpha value is -1.22. The molecule has 1 aromatic carbocycles. The summed E-state index contributed by atoms with van der Waals surface area (Å²) in [5.74, 6) is 2.34. The van der Waals surface area contributed by atoms with Gasteiger partial charge in [0.2, 0.25) is 0 Å². The molecule has 0 bridgehead atoms. The average Bonchev–Trinajstić information content (AvgIpc) is 2.36. The predicted octanol–water partition coefficient (Wildman–Crippen LogP) is 3.10. The molecule has 0 spiro atoms. The van der Waals surface area contributed by atoms with Gasteiger partial charge < -0.3 is 14.8 Å². The molecule has 0 aromatic heterocycles. The number of likely N-dealkylation sites (N-methyl/N-ethyl adjacent to an activating group) is 1. The summed E-state index contributed by atoms with van der Waals surface area (Å²) in [6.07, 6.45) is 0. The molecule has 0 saturated carbocycles. The van der Waals surface area contributed by atoms with Crippen LogP contribution in [0.15, 0.2) is 24.3 Å². The summed E-state index contributed by atoms with van der Waals surface area (Å²) in [5, 5.41) is 3.43. The fourth-order valence-corrected chi connectivity index (χ4v) is 1.73. The summed E-state index contributed by atoms with van der Waals surface area (Å²) in [5.41, 5.74) is 0. The van der Waals surface area contributed by atoms with Gasteiger partial charge in [-0.05, 0) is 43.7 Å². The van der Waals surface area contributed by atoms with Crippen LogP contribution in [0.25, 0.3) is 0 Å². The van der Waals surface area contributed by atoms with Crippen LogP contribution in [0, 0.1) is 5.92 Å². The zero-order valence-corrected chi connectivity index (χ0v) is 11.9. The second-order valence-electron chi connectivity index (χ2n) is 4.62. The SMILES string of the molecule is CCNC(COc1ccc(OCC)cc1)C(C)C. The van der Waals surface area contributed by atoms with Crippen molar-refractivity contribution in [3.63, 3.8) is 0 Å². The van der Waals surface area contributed by atoms with E-state index < -0.39 is 0 Å². The first kappa shape index (κ1) is 14.8. The second-order valence-corrected chi connectivity index (χ2v) is 4.62. The lowest BCUT2D eigenvalue weighted by atomic mass is 10.1. The number of hydrogen-bond acceptors (Lipinski definition) is 3. The molecule has 1 rings (SSSR count). The predicted molar refractivity (Wildman–Crippen MR) is 75.4 cm³/mol. The Labute approximate surface area is 110 Å². The molecule has 1 atom stereocenters. The van der Waals surface area contributed by atoms with E-state index >= 15 is 0 Å². The Morgan fingerprint density at radius 2 is 1.56 bits per heavy atom. The average molecular weight is 251 g/mol. The molecule has 0 aliphatic rings. The molecule has 1 aromatic rings. The maximum atomic E-state index is 5.80. The quantitative estimate of drug-likeness (QED) is 0.770. The molecule has 1 N–H and O–H groups in total. The monoisotopic (exact) mass is 251 g/mol. The maximum absolute atomic E-state index is 5.80. The molecule has 18 heavy (non-hydrogen) atoms. The van der Waals surface area contributed by atoms with Crippen LogP contribution in [-0.4, -0.2) is 25.8 Å². The fraction of sp³-hybridized carbons (Fsp3) is 0.600. The minimum absolute atomic E-state index is 0.390.